The molecule has 2 aromatic rings. The summed E-state index contributed by atoms with van der Waals surface area (Å²) in [5.41, 5.74) is 3.57. The highest BCUT2D eigenvalue weighted by molar-refractivity contribution is 14.0. The summed E-state index contributed by atoms with van der Waals surface area (Å²) in [4.78, 5) is 18.2. The quantitative estimate of drug-likeness (QED) is 0.201. The Morgan fingerprint density at radius 1 is 1.09 bits per heavy atom. The summed E-state index contributed by atoms with van der Waals surface area (Å²) in [7, 11) is 1.78. The maximum atomic E-state index is 12.0. The van der Waals surface area contributed by atoms with Crippen LogP contribution in [0, 0.1) is 0 Å². The second-order valence-electron chi connectivity index (χ2n) is 7.82. The molecule has 32 heavy (non-hydrogen) atoms. The van der Waals surface area contributed by atoms with Crippen LogP contribution in [0.1, 0.15) is 49.0 Å². The molecule has 2 aromatic carbocycles. The van der Waals surface area contributed by atoms with Crippen LogP contribution >= 0.6 is 24.0 Å². The first-order valence-corrected chi connectivity index (χ1v) is 11.1. The van der Waals surface area contributed by atoms with Gasteiger partial charge in [0.15, 0.2) is 5.96 Å². The zero-order valence-corrected chi connectivity index (χ0v) is 21.4. The van der Waals surface area contributed by atoms with Crippen molar-refractivity contribution in [1.82, 2.24) is 15.5 Å². The molecule has 1 saturated heterocycles. The summed E-state index contributed by atoms with van der Waals surface area (Å²) >= 11 is 0. The molecule has 1 amide bonds. The fraction of sp³-hybridized carbons (Fsp3) is 0.440. The van der Waals surface area contributed by atoms with Crippen molar-refractivity contribution >= 4 is 35.8 Å². The minimum absolute atomic E-state index is 0. The zero-order chi connectivity index (χ0) is 21.9. The zero-order valence-electron chi connectivity index (χ0n) is 19.0. The van der Waals surface area contributed by atoms with Crippen LogP contribution in [0.2, 0.25) is 0 Å². The average molecular weight is 550 g/mol. The van der Waals surface area contributed by atoms with E-state index in [2.05, 4.69) is 46.8 Å². The van der Waals surface area contributed by atoms with Crippen LogP contribution in [0.3, 0.4) is 0 Å². The van der Waals surface area contributed by atoms with Gasteiger partial charge in [0.05, 0.1) is 6.10 Å². The third-order valence-corrected chi connectivity index (χ3v) is 5.57. The third kappa shape index (κ3) is 8.09. The van der Waals surface area contributed by atoms with E-state index >= 15 is 0 Å². The number of likely N-dealkylation sites (tertiary alicyclic amines) is 1. The predicted molar refractivity (Wildman–Crippen MR) is 140 cm³/mol. The number of hydrogen-bond donors (Lipinski definition) is 2. The largest absolute Gasteiger partial charge is 0.374 e. The lowest BCUT2D eigenvalue weighted by Gasteiger charge is -2.19. The summed E-state index contributed by atoms with van der Waals surface area (Å²) in [6.07, 6.45) is 2.62. The summed E-state index contributed by atoms with van der Waals surface area (Å²) < 4.78 is 5.93. The smallest absolute Gasteiger partial charge is 0.222 e. The Morgan fingerprint density at radius 2 is 1.81 bits per heavy atom. The van der Waals surface area contributed by atoms with Crippen LogP contribution in [0.4, 0.5) is 0 Å². The van der Waals surface area contributed by atoms with E-state index in [1.807, 2.05) is 35.2 Å². The van der Waals surface area contributed by atoms with Crippen molar-refractivity contribution in [3.05, 3.63) is 71.3 Å². The highest BCUT2D eigenvalue weighted by Crippen LogP contribution is 2.17. The Bertz CT molecular complexity index is 860. The standard InChI is InChI=1S/C25H34N4O2.HI/c1-20(21-10-4-3-5-11-21)31-17-9-15-27-25(26-2)28-18-22-12-6-7-13-23(22)19-29-16-8-14-24(29)30;/h3-7,10-13,20H,8-9,14-19H2,1-2H3,(H2,26,27,28);1H. The molecule has 1 atom stereocenters. The molecule has 0 aliphatic carbocycles. The van der Waals surface area contributed by atoms with E-state index in [9.17, 15) is 4.79 Å². The molecule has 1 aliphatic rings. The molecular formula is C25H35IN4O2. The van der Waals surface area contributed by atoms with E-state index in [0.717, 1.165) is 31.9 Å². The van der Waals surface area contributed by atoms with Gasteiger partial charge < -0.3 is 20.3 Å². The van der Waals surface area contributed by atoms with Gasteiger partial charge in [-0.3, -0.25) is 9.79 Å². The molecular weight excluding hydrogens is 515 g/mol. The Kier molecular flexibility index (Phi) is 11.5. The van der Waals surface area contributed by atoms with Gasteiger partial charge in [-0.15, -0.1) is 24.0 Å². The van der Waals surface area contributed by atoms with Gasteiger partial charge in [0.25, 0.3) is 0 Å². The number of carbonyl (C=O) groups excluding carboxylic acids is 1. The monoisotopic (exact) mass is 550 g/mol. The Labute approximate surface area is 208 Å². The Hall–Kier alpha value is -2.13. The number of carbonyl (C=O) groups is 1. The van der Waals surface area contributed by atoms with Crippen LogP contribution in [0.15, 0.2) is 59.6 Å². The van der Waals surface area contributed by atoms with Crippen molar-refractivity contribution < 1.29 is 9.53 Å². The number of halogens is 1. The van der Waals surface area contributed by atoms with E-state index in [1.54, 1.807) is 7.05 Å². The maximum Gasteiger partial charge on any atom is 0.222 e. The highest BCUT2D eigenvalue weighted by atomic mass is 127. The molecule has 0 saturated carbocycles. The van der Waals surface area contributed by atoms with Crippen LogP contribution in [0.5, 0.6) is 0 Å². The predicted octanol–water partition coefficient (Wildman–Crippen LogP) is 4.26. The lowest BCUT2D eigenvalue weighted by Crippen LogP contribution is -2.38. The molecule has 1 aliphatic heterocycles. The van der Waals surface area contributed by atoms with Crippen LogP contribution in [0.25, 0.3) is 0 Å². The molecule has 3 rings (SSSR count). The first kappa shape index (κ1) is 26.1. The van der Waals surface area contributed by atoms with Crippen LogP contribution < -0.4 is 10.6 Å². The maximum absolute atomic E-state index is 12.0. The molecule has 1 fully saturated rings. The van der Waals surface area contributed by atoms with Gasteiger partial charge in [0.2, 0.25) is 5.91 Å². The Balaban J connectivity index is 0.00000363. The second-order valence-corrected chi connectivity index (χ2v) is 7.82. The van der Waals surface area contributed by atoms with Crippen LogP contribution in [-0.4, -0.2) is 43.5 Å². The minimum atomic E-state index is 0. The summed E-state index contributed by atoms with van der Waals surface area (Å²) in [5, 5.41) is 6.73. The summed E-state index contributed by atoms with van der Waals surface area (Å²) in [6, 6.07) is 18.5. The molecule has 6 nitrogen and oxygen atoms in total. The number of rotatable bonds is 10. The van der Waals surface area contributed by atoms with E-state index in [0.29, 0.717) is 26.1 Å². The molecule has 2 N–H and O–H groups in total. The number of ether oxygens (including phenoxy) is 1. The van der Waals surface area contributed by atoms with Gasteiger partial charge in [0.1, 0.15) is 0 Å². The van der Waals surface area contributed by atoms with E-state index < -0.39 is 0 Å². The van der Waals surface area contributed by atoms with E-state index in [4.69, 9.17) is 4.74 Å². The number of benzene rings is 2. The second kappa shape index (κ2) is 14.1. The molecule has 0 aromatic heterocycles. The van der Waals surface area contributed by atoms with Gasteiger partial charge >= 0.3 is 0 Å². The topological polar surface area (TPSA) is 66.0 Å². The molecule has 7 heteroatoms. The number of amides is 1. The van der Waals surface area contributed by atoms with Crippen molar-refractivity contribution in [3.8, 4) is 0 Å². The van der Waals surface area contributed by atoms with Gasteiger partial charge in [-0.25, -0.2) is 0 Å². The van der Waals surface area contributed by atoms with E-state index in [1.165, 1.54) is 16.7 Å². The first-order chi connectivity index (χ1) is 15.2. The number of guanidine groups is 1. The summed E-state index contributed by atoms with van der Waals surface area (Å²) in [5.74, 6) is 1.02. The number of nitrogens with zero attached hydrogens (tertiary/aromatic N) is 2. The van der Waals surface area contributed by atoms with Gasteiger partial charge in [-0.1, -0.05) is 54.6 Å². The number of aliphatic imine (C=N–C) groups is 1. The normalized spacial score (nSPS) is 14.8. The van der Waals surface area contributed by atoms with Gasteiger partial charge in [-0.2, -0.15) is 0 Å². The van der Waals surface area contributed by atoms with E-state index in [-0.39, 0.29) is 36.0 Å². The van der Waals surface area contributed by atoms with Crippen LogP contribution in [-0.2, 0) is 22.6 Å². The fourth-order valence-corrected chi connectivity index (χ4v) is 3.72. The molecule has 0 spiro atoms. The Morgan fingerprint density at radius 3 is 2.50 bits per heavy atom. The number of hydrogen-bond acceptors (Lipinski definition) is 3. The molecule has 0 radical (unpaired) electrons. The first-order valence-electron chi connectivity index (χ1n) is 11.1. The van der Waals surface area contributed by atoms with Gasteiger partial charge in [-0.05, 0) is 36.5 Å². The van der Waals surface area contributed by atoms with Crippen molar-refractivity contribution in [2.24, 2.45) is 4.99 Å². The summed E-state index contributed by atoms with van der Waals surface area (Å²) in [6.45, 7) is 5.75. The van der Waals surface area contributed by atoms with Crippen molar-refractivity contribution in [2.75, 3.05) is 26.7 Å². The van der Waals surface area contributed by atoms with Crippen molar-refractivity contribution in [1.29, 1.82) is 0 Å². The lowest BCUT2D eigenvalue weighted by molar-refractivity contribution is -0.128. The minimum Gasteiger partial charge on any atom is -0.374 e. The molecule has 1 heterocycles. The van der Waals surface area contributed by atoms with Crippen molar-refractivity contribution in [3.63, 3.8) is 0 Å². The van der Waals surface area contributed by atoms with Crippen molar-refractivity contribution in [2.45, 2.75) is 45.4 Å². The third-order valence-electron chi connectivity index (χ3n) is 5.57. The lowest BCUT2D eigenvalue weighted by atomic mass is 10.1. The molecule has 174 valence electrons. The highest BCUT2D eigenvalue weighted by Gasteiger charge is 2.20. The van der Waals surface area contributed by atoms with Gasteiger partial charge in [0, 0.05) is 46.3 Å². The number of nitrogens with one attached hydrogen (secondary N) is 2. The fourth-order valence-electron chi connectivity index (χ4n) is 3.72. The molecule has 0 bridgehead atoms. The average Bonchev–Trinajstić information content (AvgIpc) is 3.21. The SMILES string of the molecule is CN=C(NCCCOC(C)c1ccccc1)NCc1ccccc1CN1CCCC1=O.I. The molecule has 1 unspecified atom stereocenters.